The van der Waals surface area contributed by atoms with Gasteiger partial charge in [0.2, 0.25) is 0 Å². The summed E-state index contributed by atoms with van der Waals surface area (Å²) in [6, 6.07) is 24.6. The maximum atomic E-state index is 13.8. The zero-order valence-corrected chi connectivity index (χ0v) is 26.1. The molecule has 0 bridgehead atoms. The van der Waals surface area contributed by atoms with E-state index >= 15 is 0 Å². The molecule has 45 heavy (non-hydrogen) atoms. The quantitative estimate of drug-likeness (QED) is 0.183. The van der Waals surface area contributed by atoms with Crippen molar-refractivity contribution in [2.45, 2.75) is 31.1 Å². The van der Waals surface area contributed by atoms with Gasteiger partial charge in [-0.1, -0.05) is 53.7 Å². The Kier molecular flexibility index (Phi) is 9.03. The Balaban J connectivity index is 1.23. The minimum absolute atomic E-state index is 0.0408. The number of aromatic nitrogens is 3. The molecule has 6 rings (SSSR count). The van der Waals surface area contributed by atoms with E-state index in [4.69, 9.17) is 9.84 Å². The number of thiophene rings is 1. The van der Waals surface area contributed by atoms with E-state index in [1.54, 1.807) is 57.3 Å². The molecule has 0 aliphatic carbocycles. The number of hydrogen-bond donors (Lipinski definition) is 1. The molecule has 3 heterocycles. The number of rotatable bonds is 10. The third-order valence-corrected chi connectivity index (χ3v) is 9.12. The van der Waals surface area contributed by atoms with E-state index in [-0.39, 0.29) is 36.0 Å². The van der Waals surface area contributed by atoms with Crippen LogP contribution >= 0.6 is 23.1 Å². The van der Waals surface area contributed by atoms with Gasteiger partial charge in [0, 0.05) is 17.7 Å². The van der Waals surface area contributed by atoms with Crippen LogP contribution in [0.2, 0.25) is 0 Å². The fourth-order valence-corrected chi connectivity index (χ4v) is 6.50. The SMILES string of the molecule is COc1cccc(C(=O)NCc2nnc(SCC(=O)N3N=C(c4cccs4)CC3c3ccc(C)cc3)n2-c2ccc(F)cc2)c1. The molecule has 3 aromatic carbocycles. The highest BCUT2D eigenvalue weighted by Crippen LogP contribution is 2.35. The van der Waals surface area contributed by atoms with Crippen molar-refractivity contribution in [2.75, 3.05) is 12.9 Å². The maximum absolute atomic E-state index is 13.8. The zero-order valence-electron chi connectivity index (χ0n) is 24.5. The second-order valence-electron chi connectivity index (χ2n) is 10.3. The van der Waals surface area contributed by atoms with Gasteiger partial charge < -0.3 is 10.1 Å². The second-order valence-corrected chi connectivity index (χ2v) is 12.2. The molecule has 1 atom stereocenters. The number of thioether (sulfide) groups is 1. The molecular weight excluding hydrogens is 612 g/mol. The van der Waals surface area contributed by atoms with Crippen LogP contribution in [0.3, 0.4) is 0 Å². The van der Waals surface area contributed by atoms with E-state index in [1.807, 2.05) is 48.7 Å². The Hall–Kier alpha value is -4.81. The van der Waals surface area contributed by atoms with Crippen molar-refractivity contribution in [3.63, 3.8) is 0 Å². The first kappa shape index (κ1) is 30.2. The van der Waals surface area contributed by atoms with Crippen molar-refractivity contribution in [1.29, 1.82) is 0 Å². The number of carbonyl (C=O) groups excluding carboxylic acids is 2. The Morgan fingerprint density at radius 3 is 2.58 bits per heavy atom. The largest absolute Gasteiger partial charge is 0.497 e. The first-order valence-electron chi connectivity index (χ1n) is 14.1. The number of hydrazone groups is 1. The summed E-state index contributed by atoms with van der Waals surface area (Å²) in [6.45, 7) is 2.08. The average molecular weight is 641 g/mol. The van der Waals surface area contributed by atoms with E-state index in [2.05, 4.69) is 15.5 Å². The first-order chi connectivity index (χ1) is 21.9. The summed E-state index contributed by atoms with van der Waals surface area (Å²) in [6.07, 6.45) is 0.614. The highest BCUT2D eigenvalue weighted by Gasteiger charge is 2.33. The van der Waals surface area contributed by atoms with Gasteiger partial charge in [0.05, 0.1) is 36.0 Å². The maximum Gasteiger partial charge on any atom is 0.253 e. The Morgan fingerprint density at radius 2 is 1.84 bits per heavy atom. The molecule has 9 nitrogen and oxygen atoms in total. The second kappa shape index (κ2) is 13.4. The molecule has 0 spiro atoms. The molecule has 5 aromatic rings. The number of nitrogens with one attached hydrogen (secondary N) is 1. The molecular formula is C33H29FN6O3S2. The van der Waals surface area contributed by atoms with Crippen LogP contribution in [-0.2, 0) is 11.3 Å². The van der Waals surface area contributed by atoms with Crippen LogP contribution in [0.1, 0.15) is 44.6 Å². The van der Waals surface area contributed by atoms with Crippen LogP contribution in [0.15, 0.2) is 101 Å². The van der Waals surface area contributed by atoms with Crippen molar-refractivity contribution in [3.05, 3.63) is 124 Å². The number of nitrogens with zero attached hydrogens (tertiary/aromatic N) is 5. The summed E-state index contributed by atoms with van der Waals surface area (Å²) < 4.78 is 20.8. The van der Waals surface area contributed by atoms with E-state index in [9.17, 15) is 14.0 Å². The zero-order chi connectivity index (χ0) is 31.3. The van der Waals surface area contributed by atoms with Crippen LogP contribution in [0.4, 0.5) is 4.39 Å². The highest BCUT2D eigenvalue weighted by atomic mass is 32.2. The number of halogens is 1. The molecule has 0 saturated heterocycles. The number of hydrogen-bond acceptors (Lipinski definition) is 8. The van der Waals surface area contributed by atoms with Crippen LogP contribution in [0, 0.1) is 12.7 Å². The fraction of sp³-hybridized carbons (Fsp3) is 0.182. The van der Waals surface area contributed by atoms with Crippen molar-refractivity contribution in [3.8, 4) is 11.4 Å². The molecule has 1 N–H and O–H groups in total. The highest BCUT2D eigenvalue weighted by molar-refractivity contribution is 7.99. The van der Waals surface area contributed by atoms with E-state index in [1.165, 1.54) is 31.0 Å². The third kappa shape index (κ3) is 6.81. The smallest absolute Gasteiger partial charge is 0.253 e. The molecule has 0 saturated carbocycles. The van der Waals surface area contributed by atoms with Gasteiger partial charge in [-0.2, -0.15) is 5.10 Å². The van der Waals surface area contributed by atoms with E-state index in [0.29, 0.717) is 34.4 Å². The minimum Gasteiger partial charge on any atom is -0.497 e. The lowest BCUT2D eigenvalue weighted by Crippen LogP contribution is -2.28. The normalized spacial score (nSPS) is 14.3. The van der Waals surface area contributed by atoms with Gasteiger partial charge in [0.15, 0.2) is 11.0 Å². The first-order valence-corrected chi connectivity index (χ1v) is 16.0. The third-order valence-electron chi connectivity index (χ3n) is 7.28. The van der Waals surface area contributed by atoms with Gasteiger partial charge in [0.25, 0.3) is 11.8 Å². The lowest BCUT2D eigenvalue weighted by molar-refractivity contribution is -0.130. The number of carbonyl (C=O) groups is 2. The van der Waals surface area contributed by atoms with Crippen LogP contribution in [0.25, 0.3) is 5.69 Å². The average Bonchev–Trinajstić information content (AvgIpc) is 3.84. The van der Waals surface area contributed by atoms with Gasteiger partial charge in [0.1, 0.15) is 11.6 Å². The van der Waals surface area contributed by atoms with Crippen LogP contribution in [0.5, 0.6) is 5.75 Å². The lowest BCUT2D eigenvalue weighted by atomic mass is 10.00. The van der Waals surface area contributed by atoms with Crippen LogP contribution < -0.4 is 10.1 Å². The Morgan fingerprint density at radius 1 is 1.04 bits per heavy atom. The van der Waals surface area contributed by atoms with E-state index < -0.39 is 0 Å². The molecule has 1 aliphatic heterocycles. The van der Waals surface area contributed by atoms with Gasteiger partial charge in [-0.15, -0.1) is 21.5 Å². The number of benzene rings is 3. The van der Waals surface area contributed by atoms with Crippen molar-refractivity contribution in [2.24, 2.45) is 5.10 Å². The number of methoxy groups -OCH3 is 1. The minimum atomic E-state index is -0.389. The predicted molar refractivity (Wildman–Crippen MR) is 172 cm³/mol. The number of ether oxygens (including phenoxy) is 1. The summed E-state index contributed by atoms with van der Waals surface area (Å²) >= 11 is 2.80. The Labute approximate surface area is 267 Å². The topological polar surface area (TPSA) is 102 Å². The standard InChI is InChI=1S/C33H29FN6O3S2/c1-21-8-10-22(11-9-21)28-18-27(29-7-4-16-44-29)38-40(28)31(41)20-45-33-37-36-30(39(33)25-14-12-24(34)13-15-25)19-35-32(42)23-5-3-6-26(17-23)43-2/h3-17,28H,18-20H2,1-2H3,(H,35,42). The molecule has 228 valence electrons. The summed E-state index contributed by atoms with van der Waals surface area (Å²) in [5, 5.41) is 20.3. The van der Waals surface area contributed by atoms with Gasteiger partial charge >= 0.3 is 0 Å². The van der Waals surface area contributed by atoms with Crippen molar-refractivity contribution in [1.82, 2.24) is 25.1 Å². The summed E-state index contributed by atoms with van der Waals surface area (Å²) in [5.41, 5.74) is 4.05. The van der Waals surface area contributed by atoms with Gasteiger partial charge in [-0.25, -0.2) is 9.40 Å². The molecule has 0 radical (unpaired) electrons. The molecule has 1 unspecified atom stereocenters. The van der Waals surface area contributed by atoms with Crippen molar-refractivity contribution >= 4 is 40.6 Å². The molecule has 2 amide bonds. The van der Waals surface area contributed by atoms with Crippen LogP contribution in [-0.4, -0.2) is 50.2 Å². The predicted octanol–water partition coefficient (Wildman–Crippen LogP) is 6.18. The molecule has 1 aliphatic rings. The molecule has 2 aromatic heterocycles. The van der Waals surface area contributed by atoms with E-state index in [0.717, 1.165) is 21.7 Å². The monoisotopic (exact) mass is 640 g/mol. The summed E-state index contributed by atoms with van der Waals surface area (Å²) in [4.78, 5) is 27.7. The summed E-state index contributed by atoms with van der Waals surface area (Å²) in [5.74, 6) is 0.138. The van der Waals surface area contributed by atoms with Crippen molar-refractivity contribution < 1.29 is 18.7 Å². The number of amides is 2. The Bertz CT molecular complexity index is 1840. The molecule has 0 fully saturated rings. The number of aryl methyl sites for hydroxylation is 1. The fourth-order valence-electron chi connectivity index (χ4n) is 4.96. The molecule has 12 heteroatoms. The van der Waals surface area contributed by atoms with Gasteiger partial charge in [-0.3, -0.25) is 14.2 Å². The lowest BCUT2D eigenvalue weighted by Gasteiger charge is -2.22. The summed E-state index contributed by atoms with van der Waals surface area (Å²) in [7, 11) is 1.54. The van der Waals surface area contributed by atoms with Gasteiger partial charge in [-0.05, 0) is 66.4 Å².